The first kappa shape index (κ1) is 16.1. The third kappa shape index (κ3) is 4.35. The Hall–Kier alpha value is -1.27. The Kier molecular flexibility index (Phi) is 5.87. The van der Waals surface area contributed by atoms with Crippen molar-refractivity contribution in [1.29, 1.82) is 0 Å². The van der Waals surface area contributed by atoms with E-state index in [1.54, 1.807) is 20.4 Å². The van der Waals surface area contributed by atoms with Crippen LogP contribution < -0.4 is 14.8 Å². The van der Waals surface area contributed by atoms with Crippen molar-refractivity contribution in [3.8, 4) is 11.5 Å². The van der Waals surface area contributed by atoms with Gasteiger partial charge in [-0.25, -0.2) is 4.98 Å². The number of hydrogen-bond donors (Lipinski definition) is 1. The number of pyridine rings is 1. The van der Waals surface area contributed by atoms with Gasteiger partial charge in [0, 0.05) is 17.2 Å². The van der Waals surface area contributed by atoms with Crippen molar-refractivity contribution in [3.63, 3.8) is 0 Å². The molecule has 0 aliphatic rings. The highest BCUT2D eigenvalue weighted by Gasteiger charge is 2.05. The standard InChI is InChI=1S/C15H16Br2N2O2/c1-20-13-4-3-10(7-14(13)21-2)5-6-18-15-12(17)8-11(16)9-19-15/h3-4,7-9H,5-6H2,1-2H3,(H,18,19). The maximum Gasteiger partial charge on any atom is 0.160 e. The van der Waals surface area contributed by atoms with Gasteiger partial charge in [0.05, 0.1) is 18.7 Å². The molecule has 1 N–H and O–H groups in total. The van der Waals surface area contributed by atoms with Crippen LogP contribution in [0.2, 0.25) is 0 Å². The molecule has 0 radical (unpaired) electrons. The van der Waals surface area contributed by atoms with Gasteiger partial charge >= 0.3 is 0 Å². The number of aromatic nitrogens is 1. The minimum absolute atomic E-state index is 0.742. The molecule has 2 rings (SSSR count). The summed E-state index contributed by atoms with van der Waals surface area (Å²) in [4.78, 5) is 4.32. The molecule has 112 valence electrons. The lowest BCUT2D eigenvalue weighted by Gasteiger charge is -2.11. The summed E-state index contributed by atoms with van der Waals surface area (Å²) in [5.74, 6) is 2.32. The molecule has 1 aromatic heterocycles. The zero-order chi connectivity index (χ0) is 15.2. The van der Waals surface area contributed by atoms with E-state index in [0.29, 0.717) is 0 Å². The first-order valence-corrected chi connectivity index (χ1v) is 7.98. The van der Waals surface area contributed by atoms with E-state index >= 15 is 0 Å². The average molecular weight is 416 g/mol. The van der Waals surface area contributed by atoms with Crippen molar-refractivity contribution in [2.75, 3.05) is 26.1 Å². The Labute approximate surface area is 141 Å². The lowest BCUT2D eigenvalue weighted by molar-refractivity contribution is 0.354. The Bertz CT molecular complexity index is 621. The number of benzene rings is 1. The average Bonchev–Trinajstić information content (AvgIpc) is 2.49. The van der Waals surface area contributed by atoms with Gasteiger partial charge in [-0.3, -0.25) is 0 Å². The van der Waals surface area contributed by atoms with Crippen molar-refractivity contribution in [3.05, 3.63) is 45.0 Å². The zero-order valence-corrected chi connectivity index (χ0v) is 15.0. The van der Waals surface area contributed by atoms with Crippen LogP contribution in [0.4, 0.5) is 5.82 Å². The Morgan fingerprint density at radius 3 is 2.52 bits per heavy atom. The number of nitrogens with zero attached hydrogens (tertiary/aromatic N) is 1. The molecule has 0 aliphatic heterocycles. The van der Waals surface area contributed by atoms with E-state index in [9.17, 15) is 0 Å². The lowest BCUT2D eigenvalue weighted by Crippen LogP contribution is -2.07. The highest BCUT2D eigenvalue weighted by Crippen LogP contribution is 2.28. The van der Waals surface area contributed by atoms with Crippen LogP contribution in [0.25, 0.3) is 0 Å². The van der Waals surface area contributed by atoms with Gasteiger partial charge in [-0.1, -0.05) is 6.07 Å². The lowest BCUT2D eigenvalue weighted by atomic mass is 10.1. The molecule has 0 aliphatic carbocycles. The van der Waals surface area contributed by atoms with E-state index in [1.165, 1.54) is 5.56 Å². The second-order valence-corrected chi connectivity index (χ2v) is 6.12. The number of hydrogen-bond acceptors (Lipinski definition) is 4. The minimum atomic E-state index is 0.742. The summed E-state index contributed by atoms with van der Waals surface area (Å²) >= 11 is 6.87. The molecule has 0 bridgehead atoms. The fourth-order valence-electron chi connectivity index (χ4n) is 1.91. The number of methoxy groups -OCH3 is 2. The largest absolute Gasteiger partial charge is 0.493 e. The second kappa shape index (κ2) is 7.66. The summed E-state index contributed by atoms with van der Waals surface area (Å²) < 4.78 is 12.4. The highest BCUT2D eigenvalue weighted by atomic mass is 79.9. The predicted molar refractivity (Wildman–Crippen MR) is 91.4 cm³/mol. The summed E-state index contributed by atoms with van der Waals surface area (Å²) in [5, 5.41) is 3.30. The minimum Gasteiger partial charge on any atom is -0.493 e. The van der Waals surface area contributed by atoms with Gasteiger partial charge in [0.25, 0.3) is 0 Å². The molecule has 2 aromatic rings. The molecule has 0 saturated carbocycles. The predicted octanol–water partition coefficient (Wildman–Crippen LogP) is 4.28. The summed E-state index contributed by atoms with van der Waals surface area (Å²) in [7, 11) is 3.28. The van der Waals surface area contributed by atoms with Gasteiger partial charge in [0.15, 0.2) is 11.5 Å². The van der Waals surface area contributed by atoms with Crippen LogP contribution in [0.1, 0.15) is 5.56 Å². The fraction of sp³-hybridized carbons (Fsp3) is 0.267. The van der Waals surface area contributed by atoms with E-state index in [4.69, 9.17) is 9.47 Å². The maximum atomic E-state index is 5.30. The fourth-order valence-corrected chi connectivity index (χ4v) is 3.03. The van der Waals surface area contributed by atoms with Crippen LogP contribution >= 0.6 is 31.9 Å². The number of halogens is 2. The topological polar surface area (TPSA) is 43.4 Å². The molecule has 1 aromatic carbocycles. The van der Waals surface area contributed by atoms with Crippen molar-refractivity contribution in [1.82, 2.24) is 4.98 Å². The van der Waals surface area contributed by atoms with Crippen LogP contribution in [0.15, 0.2) is 39.4 Å². The Balaban J connectivity index is 1.97. The number of ether oxygens (including phenoxy) is 2. The SMILES string of the molecule is COc1ccc(CCNc2ncc(Br)cc2Br)cc1OC. The molecule has 4 nitrogen and oxygen atoms in total. The van der Waals surface area contributed by atoms with Crippen molar-refractivity contribution in [2.24, 2.45) is 0 Å². The molecule has 6 heteroatoms. The second-order valence-electron chi connectivity index (χ2n) is 4.35. The quantitative estimate of drug-likeness (QED) is 0.764. The van der Waals surface area contributed by atoms with E-state index in [1.807, 2.05) is 24.3 Å². The third-order valence-electron chi connectivity index (χ3n) is 2.96. The van der Waals surface area contributed by atoms with E-state index in [2.05, 4.69) is 42.2 Å². The highest BCUT2D eigenvalue weighted by molar-refractivity contribution is 9.11. The molecular formula is C15H16Br2N2O2. The van der Waals surface area contributed by atoms with Gasteiger partial charge in [0.1, 0.15) is 5.82 Å². The molecule has 0 amide bonds. The van der Waals surface area contributed by atoms with Gasteiger partial charge < -0.3 is 14.8 Å². The smallest absolute Gasteiger partial charge is 0.160 e. The van der Waals surface area contributed by atoms with Crippen molar-refractivity contribution >= 4 is 37.7 Å². The first-order valence-electron chi connectivity index (χ1n) is 6.40. The molecule has 0 unspecified atom stereocenters. The van der Waals surface area contributed by atoms with Gasteiger partial charge in [-0.15, -0.1) is 0 Å². The van der Waals surface area contributed by atoms with Crippen LogP contribution in [0.5, 0.6) is 11.5 Å². The van der Waals surface area contributed by atoms with E-state index in [-0.39, 0.29) is 0 Å². The van der Waals surface area contributed by atoms with Crippen molar-refractivity contribution < 1.29 is 9.47 Å². The number of nitrogens with one attached hydrogen (secondary N) is 1. The molecule has 0 spiro atoms. The molecule has 0 saturated heterocycles. The van der Waals surface area contributed by atoms with Gasteiger partial charge in [0.2, 0.25) is 0 Å². The summed E-state index contributed by atoms with van der Waals surface area (Å²) in [6.45, 7) is 0.780. The monoisotopic (exact) mass is 414 g/mol. The summed E-state index contributed by atoms with van der Waals surface area (Å²) in [6.07, 6.45) is 2.63. The molecule has 21 heavy (non-hydrogen) atoms. The van der Waals surface area contributed by atoms with E-state index in [0.717, 1.165) is 39.2 Å². The van der Waals surface area contributed by atoms with E-state index < -0.39 is 0 Å². The summed E-state index contributed by atoms with van der Waals surface area (Å²) in [5.41, 5.74) is 1.17. The van der Waals surface area contributed by atoms with Crippen molar-refractivity contribution in [2.45, 2.75) is 6.42 Å². The normalized spacial score (nSPS) is 10.3. The number of anilines is 1. The molecule has 0 atom stereocenters. The first-order chi connectivity index (χ1) is 10.1. The molecular weight excluding hydrogens is 400 g/mol. The molecule has 1 heterocycles. The van der Waals surface area contributed by atoms with Crippen LogP contribution in [-0.2, 0) is 6.42 Å². The zero-order valence-electron chi connectivity index (χ0n) is 11.8. The molecule has 0 fully saturated rings. The maximum absolute atomic E-state index is 5.30. The van der Waals surface area contributed by atoms with Gasteiger partial charge in [-0.05, 0) is 62.0 Å². The Morgan fingerprint density at radius 2 is 1.86 bits per heavy atom. The van der Waals surface area contributed by atoms with Crippen LogP contribution in [0, 0.1) is 0 Å². The van der Waals surface area contributed by atoms with Crippen LogP contribution in [-0.4, -0.2) is 25.7 Å². The Morgan fingerprint density at radius 1 is 1.10 bits per heavy atom. The third-order valence-corrected chi connectivity index (χ3v) is 4.00. The van der Waals surface area contributed by atoms with Crippen LogP contribution in [0.3, 0.4) is 0 Å². The number of rotatable bonds is 6. The van der Waals surface area contributed by atoms with Gasteiger partial charge in [-0.2, -0.15) is 0 Å². The summed E-state index contributed by atoms with van der Waals surface area (Å²) in [6, 6.07) is 7.91.